The average molecular weight is 337 g/mol. The molecule has 0 aromatic rings. The van der Waals surface area contributed by atoms with E-state index >= 15 is 0 Å². The molecule has 1 atom stereocenters. The number of esters is 1. The molecule has 0 aromatic carbocycles. The van der Waals surface area contributed by atoms with Gasteiger partial charge in [0.25, 0.3) is 12.2 Å². The molecule has 0 N–H and O–H groups in total. The molecular weight excluding hydrogens is 314 g/mol. The van der Waals surface area contributed by atoms with Crippen molar-refractivity contribution in [2.45, 2.75) is 58.8 Å². The molecule has 1 unspecified atom stereocenters. The zero-order valence-corrected chi connectivity index (χ0v) is 14.5. The second kappa shape index (κ2) is 7.07. The fourth-order valence-corrected chi connectivity index (χ4v) is 2.29. The number of ether oxygens (including phenoxy) is 3. The van der Waals surface area contributed by atoms with Crippen LogP contribution in [-0.4, -0.2) is 41.3 Å². The Morgan fingerprint density at radius 1 is 1.33 bits per heavy atom. The van der Waals surface area contributed by atoms with E-state index < -0.39 is 29.9 Å². The van der Waals surface area contributed by atoms with Crippen molar-refractivity contribution in [1.82, 2.24) is 4.90 Å². The summed E-state index contributed by atoms with van der Waals surface area (Å²) in [6.07, 6.45) is 3.24. The van der Waals surface area contributed by atoms with Crippen LogP contribution in [0.2, 0.25) is 0 Å². The maximum Gasteiger partial charge on any atom is 0.417 e. The van der Waals surface area contributed by atoms with Gasteiger partial charge in [-0.3, -0.25) is 4.79 Å². The van der Waals surface area contributed by atoms with Gasteiger partial charge >= 0.3 is 12.1 Å². The molecule has 0 bridgehead atoms. The molecule has 0 aromatic heterocycles. The summed E-state index contributed by atoms with van der Waals surface area (Å²) >= 11 is 0. The number of rotatable bonds is 2. The van der Waals surface area contributed by atoms with Gasteiger partial charge in [0.1, 0.15) is 5.60 Å². The van der Waals surface area contributed by atoms with Crippen LogP contribution in [-0.2, 0) is 23.8 Å². The third-order valence-electron chi connectivity index (χ3n) is 3.49. The monoisotopic (exact) mass is 337 g/mol. The third-order valence-corrected chi connectivity index (χ3v) is 3.49. The standard InChI is InChI=1S/C17H23NO6/c1-11-9-13(23-15(11)20)22-10-12-7-5-6-8-18(14(12)19)16(21)24-17(2,3)4/h9-10,13H,5-8H2,1-4H3/b12-10+. The second-order valence-electron chi connectivity index (χ2n) is 6.80. The minimum absolute atomic E-state index is 0.308. The summed E-state index contributed by atoms with van der Waals surface area (Å²) in [6, 6.07) is 0. The molecule has 2 heterocycles. The first-order valence-electron chi connectivity index (χ1n) is 7.96. The number of cyclic esters (lactones) is 1. The van der Waals surface area contributed by atoms with Gasteiger partial charge in [0.15, 0.2) is 0 Å². The van der Waals surface area contributed by atoms with Gasteiger partial charge in [0.2, 0.25) is 0 Å². The number of nitrogens with zero attached hydrogens (tertiary/aromatic N) is 1. The molecule has 2 amide bonds. The number of hydrogen-bond donors (Lipinski definition) is 0. The van der Waals surface area contributed by atoms with Gasteiger partial charge in [-0.2, -0.15) is 0 Å². The SMILES string of the molecule is CC1=CC(O/C=C2\CCCCN(C(=O)OC(C)(C)C)C2=O)OC1=O. The first-order valence-corrected chi connectivity index (χ1v) is 7.96. The van der Waals surface area contributed by atoms with Crippen LogP contribution < -0.4 is 0 Å². The molecule has 0 radical (unpaired) electrons. The quantitative estimate of drug-likeness (QED) is 0.438. The summed E-state index contributed by atoms with van der Waals surface area (Å²) in [7, 11) is 0. The van der Waals surface area contributed by atoms with Crippen molar-refractivity contribution in [3.05, 3.63) is 23.5 Å². The molecule has 1 fully saturated rings. The van der Waals surface area contributed by atoms with Gasteiger partial charge in [-0.25, -0.2) is 14.5 Å². The molecule has 2 aliphatic heterocycles. The van der Waals surface area contributed by atoms with Crippen LogP contribution in [0.15, 0.2) is 23.5 Å². The molecule has 24 heavy (non-hydrogen) atoms. The minimum atomic E-state index is -0.837. The summed E-state index contributed by atoms with van der Waals surface area (Å²) in [5.74, 6) is -0.882. The normalized spacial score (nSPS) is 23.7. The fourth-order valence-electron chi connectivity index (χ4n) is 2.29. The number of hydrogen-bond acceptors (Lipinski definition) is 6. The Balaban J connectivity index is 2.07. The van der Waals surface area contributed by atoms with E-state index in [0.717, 1.165) is 11.3 Å². The maximum absolute atomic E-state index is 12.6. The first-order chi connectivity index (χ1) is 11.2. The third kappa shape index (κ3) is 4.59. The lowest BCUT2D eigenvalue weighted by Gasteiger charge is -2.25. The van der Waals surface area contributed by atoms with Gasteiger partial charge in [-0.05, 0) is 47.0 Å². The zero-order chi connectivity index (χ0) is 17.9. The fraction of sp³-hybridized carbons (Fsp3) is 0.588. The number of likely N-dealkylation sites (tertiary alicyclic amines) is 1. The van der Waals surface area contributed by atoms with E-state index in [4.69, 9.17) is 14.2 Å². The molecule has 2 rings (SSSR count). The maximum atomic E-state index is 12.6. The Morgan fingerprint density at radius 3 is 2.62 bits per heavy atom. The van der Waals surface area contributed by atoms with Crippen LogP contribution in [0.1, 0.15) is 47.0 Å². The van der Waals surface area contributed by atoms with Crippen molar-refractivity contribution in [2.24, 2.45) is 0 Å². The van der Waals surface area contributed by atoms with Crippen LogP contribution in [0.4, 0.5) is 4.79 Å². The van der Waals surface area contributed by atoms with E-state index in [2.05, 4.69) is 0 Å². The van der Waals surface area contributed by atoms with Gasteiger partial charge in [-0.1, -0.05) is 0 Å². The van der Waals surface area contributed by atoms with E-state index in [1.54, 1.807) is 27.7 Å². The lowest BCUT2D eigenvalue weighted by Crippen LogP contribution is -2.41. The second-order valence-corrected chi connectivity index (χ2v) is 6.80. The van der Waals surface area contributed by atoms with Crippen molar-refractivity contribution in [3.8, 4) is 0 Å². The van der Waals surface area contributed by atoms with Crippen molar-refractivity contribution in [3.63, 3.8) is 0 Å². The minimum Gasteiger partial charge on any atom is -0.458 e. The Morgan fingerprint density at radius 2 is 2.04 bits per heavy atom. The Labute approximate surface area is 141 Å². The number of carbonyl (C=O) groups excluding carboxylic acids is 3. The lowest BCUT2D eigenvalue weighted by molar-refractivity contribution is -0.152. The van der Waals surface area contributed by atoms with Gasteiger partial charge < -0.3 is 14.2 Å². The van der Waals surface area contributed by atoms with Crippen molar-refractivity contribution >= 4 is 18.0 Å². The Bertz CT molecular complexity index is 599. The van der Waals surface area contributed by atoms with Crippen LogP contribution in [0.25, 0.3) is 0 Å². The molecule has 7 heteroatoms. The van der Waals surface area contributed by atoms with Crippen molar-refractivity contribution in [1.29, 1.82) is 0 Å². The Hall–Kier alpha value is -2.31. The van der Waals surface area contributed by atoms with Gasteiger partial charge in [0.05, 0.1) is 11.8 Å². The van der Waals surface area contributed by atoms with E-state index in [1.165, 1.54) is 12.3 Å². The van der Waals surface area contributed by atoms with Crippen LogP contribution in [0.3, 0.4) is 0 Å². The van der Waals surface area contributed by atoms with Crippen molar-refractivity contribution in [2.75, 3.05) is 6.54 Å². The molecule has 2 aliphatic rings. The smallest absolute Gasteiger partial charge is 0.417 e. The zero-order valence-electron chi connectivity index (χ0n) is 14.5. The summed E-state index contributed by atoms with van der Waals surface area (Å²) in [6.45, 7) is 7.17. The number of amides is 2. The summed E-state index contributed by atoms with van der Waals surface area (Å²) in [5, 5.41) is 0. The lowest BCUT2D eigenvalue weighted by atomic mass is 10.1. The first kappa shape index (κ1) is 18.0. The molecule has 0 aliphatic carbocycles. The predicted octanol–water partition coefficient (Wildman–Crippen LogP) is 2.66. The molecule has 132 valence electrons. The highest BCUT2D eigenvalue weighted by molar-refractivity contribution is 6.02. The van der Waals surface area contributed by atoms with Crippen molar-refractivity contribution < 1.29 is 28.6 Å². The largest absolute Gasteiger partial charge is 0.458 e. The van der Waals surface area contributed by atoms with Gasteiger partial charge in [0, 0.05) is 18.2 Å². The highest BCUT2D eigenvalue weighted by atomic mass is 16.7. The molecule has 0 saturated carbocycles. The van der Waals surface area contributed by atoms with Crippen LogP contribution >= 0.6 is 0 Å². The topological polar surface area (TPSA) is 82.1 Å². The summed E-state index contributed by atoms with van der Waals surface area (Å²) in [5.41, 5.74) is 0.137. The van der Waals surface area contributed by atoms with Crippen LogP contribution in [0.5, 0.6) is 0 Å². The Kier molecular flexibility index (Phi) is 5.31. The van der Waals surface area contributed by atoms with Crippen LogP contribution in [0, 0.1) is 0 Å². The average Bonchev–Trinajstić information content (AvgIpc) is 2.66. The van der Waals surface area contributed by atoms with E-state index in [9.17, 15) is 14.4 Å². The summed E-state index contributed by atoms with van der Waals surface area (Å²) in [4.78, 5) is 37.2. The molecule has 7 nitrogen and oxygen atoms in total. The summed E-state index contributed by atoms with van der Waals surface area (Å²) < 4.78 is 15.6. The van der Waals surface area contributed by atoms with Gasteiger partial charge in [-0.15, -0.1) is 0 Å². The van der Waals surface area contributed by atoms with E-state index in [-0.39, 0.29) is 0 Å². The molecule has 1 saturated heterocycles. The van der Waals surface area contributed by atoms with E-state index in [0.29, 0.717) is 30.5 Å². The molecular formula is C17H23NO6. The number of carbonyl (C=O) groups is 3. The number of imide groups is 1. The predicted molar refractivity (Wildman–Crippen MR) is 84.6 cm³/mol. The highest BCUT2D eigenvalue weighted by Crippen LogP contribution is 2.21. The molecule has 0 spiro atoms. The van der Waals surface area contributed by atoms with E-state index in [1.807, 2.05) is 0 Å². The highest BCUT2D eigenvalue weighted by Gasteiger charge is 2.31.